The predicted molar refractivity (Wildman–Crippen MR) is 88.3 cm³/mol. The number of aliphatic imine (C=N–C) groups is 1. The van der Waals surface area contributed by atoms with E-state index in [4.69, 9.17) is 5.73 Å². The van der Waals surface area contributed by atoms with Crippen LogP contribution in [0.3, 0.4) is 0 Å². The summed E-state index contributed by atoms with van der Waals surface area (Å²) in [4.78, 5) is 6.40. The standard InChI is InChI=1S/C13H22N4.HI/c1-4-15-13(14)16-9-11-5-7-12(8-6-11)10-17(2)3;/h5-8H,4,9-10H2,1-3H3,(H3,14,15,16);1H. The van der Waals surface area contributed by atoms with E-state index >= 15 is 0 Å². The van der Waals surface area contributed by atoms with E-state index in [1.807, 2.05) is 6.92 Å². The lowest BCUT2D eigenvalue weighted by Crippen LogP contribution is -2.31. The average molecular weight is 362 g/mol. The third-order valence-corrected chi connectivity index (χ3v) is 2.31. The van der Waals surface area contributed by atoms with E-state index in [0.717, 1.165) is 13.1 Å². The first-order valence-electron chi connectivity index (χ1n) is 5.88. The SMILES string of the molecule is CCNC(N)=NCc1ccc(CN(C)C)cc1.I. The zero-order valence-corrected chi connectivity index (χ0v) is 13.6. The maximum absolute atomic E-state index is 5.66. The molecular weight excluding hydrogens is 339 g/mol. The molecule has 0 aliphatic heterocycles. The van der Waals surface area contributed by atoms with Gasteiger partial charge in [-0.15, -0.1) is 24.0 Å². The Balaban J connectivity index is 0.00000289. The molecule has 1 aromatic carbocycles. The molecule has 0 saturated heterocycles. The van der Waals surface area contributed by atoms with E-state index in [1.165, 1.54) is 11.1 Å². The molecule has 3 N–H and O–H groups in total. The van der Waals surface area contributed by atoms with Crippen molar-refractivity contribution in [3.05, 3.63) is 35.4 Å². The van der Waals surface area contributed by atoms with Gasteiger partial charge in [-0.05, 0) is 32.1 Å². The molecule has 5 heteroatoms. The van der Waals surface area contributed by atoms with Crippen molar-refractivity contribution in [1.82, 2.24) is 10.2 Å². The van der Waals surface area contributed by atoms with Gasteiger partial charge in [0, 0.05) is 13.1 Å². The van der Waals surface area contributed by atoms with E-state index in [9.17, 15) is 0 Å². The van der Waals surface area contributed by atoms with E-state index in [2.05, 4.69) is 53.6 Å². The lowest BCUT2D eigenvalue weighted by atomic mass is 10.1. The van der Waals surface area contributed by atoms with E-state index in [1.54, 1.807) is 0 Å². The summed E-state index contributed by atoms with van der Waals surface area (Å²) in [5.74, 6) is 0.505. The molecule has 0 amide bonds. The first-order chi connectivity index (χ1) is 8.11. The summed E-state index contributed by atoms with van der Waals surface area (Å²) in [5, 5.41) is 2.97. The Morgan fingerprint density at radius 2 is 1.78 bits per heavy atom. The van der Waals surface area contributed by atoms with Crippen molar-refractivity contribution in [1.29, 1.82) is 0 Å². The van der Waals surface area contributed by atoms with Crippen molar-refractivity contribution in [2.45, 2.75) is 20.0 Å². The molecule has 0 aliphatic rings. The van der Waals surface area contributed by atoms with Gasteiger partial charge in [0.05, 0.1) is 6.54 Å². The fraction of sp³-hybridized carbons (Fsp3) is 0.462. The van der Waals surface area contributed by atoms with Crippen LogP contribution in [0.1, 0.15) is 18.1 Å². The summed E-state index contributed by atoms with van der Waals surface area (Å²) in [5.41, 5.74) is 8.14. The molecule has 0 saturated carbocycles. The summed E-state index contributed by atoms with van der Waals surface area (Å²) in [6, 6.07) is 8.46. The quantitative estimate of drug-likeness (QED) is 0.477. The Bertz CT molecular complexity index is 360. The smallest absolute Gasteiger partial charge is 0.188 e. The van der Waals surface area contributed by atoms with Gasteiger partial charge in [-0.25, -0.2) is 4.99 Å². The second-order valence-electron chi connectivity index (χ2n) is 4.29. The van der Waals surface area contributed by atoms with Crippen molar-refractivity contribution in [2.75, 3.05) is 20.6 Å². The maximum Gasteiger partial charge on any atom is 0.188 e. The average Bonchev–Trinajstić information content (AvgIpc) is 2.28. The lowest BCUT2D eigenvalue weighted by Gasteiger charge is -2.09. The van der Waals surface area contributed by atoms with Gasteiger partial charge in [0.15, 0.2) is 5.96 Å². The third kappa shape index (κ3) is 6.80. The number of benzene rings is 1. The monoisotopic (exact) mass is 362 g/mol. The van der Waals surface area contributed by atoms with Crippen molar-refractivity contribution in [2.24, 2.45) is 10.7 Å². The third-order valence-electron chi connectivity index (χ3n) is 2.31. The molecule has 0 atom stereocenters. The molecule has 0 bridgehead atoms. The largest absolute Gasteiger partial charge is 0.370 e. The zero-order valence-electron chi connectivity index (χ0n) is 11.3. The van der Waals surface area contributed by atoms with Crippen LogP contribution < -0.4 is 11.1 Å². The van der Waals surface area contributed by atoms with Crippen LogP contribution in [0.25, 0.3) is 0 Å². The highest BCUT2D eigenvalue weighted by Crippen LogP contribution is 2.07. The number of rotatable bonds is 5. The summed E-state index contributed by atoms with van der Waals surface area (Å²) in [6.45, 7) is 4.39. The van der Waals surface area contributed by atoms with Gasteiger partial charge in [0.1, 0.15) is 0 Å². The molecule has 4 nitrogen and oxygen atoms in total. The number of nitrogens with zero attached hydrogens (tertiary/aromatic N) is 2. The minimum Gasteiger partial charge on any atom is -0.370 e. The Kier molecular flexibility index (Phi) is 8.74. The Hall–Kier alpha value is -0.820. The van der Waals surface area contributed by atoms with Crippen molar-refractivity contribution in [3.63, 3.8) is 0 Å². The van der Waals surface area contributed by atoms with Crippen LogP contribution >= 0.6 is 24.0 Å². The predicted octanol–water partition coefficient (Wildman–Crippen LogP) is 1.79. The molecule has 0 unspecified atom stereocenters. The van der Waals surface area contributed by atoms with Crippen LogP contribution in [0.5, 0.6) is 0 Å². The molecule has 0 spiro atoms. The molecule has 18 heavy (non-hydrogen) atoms. The van der Waals surface area contributed by atoms with Gasteiger partial charge in [-0.1, -0.05) is 24.3 Å². The number of hydrogen-bond donors (Lipinski definition) is 2. The van der Waals surface area contributed by atoms with Crippen LogP contribution in [0.2, 0.25) is 0 Å². The first kappa shape index (κ1) is 17.2. The normalized spacial score (nSPS) is 11.2. The Morgan fingerprint density at radius 3 is 2.28 bits per heavy atom. The minimum atomic E-state index is 0. The second-order valence-corrected chi connectivity index (χ2v) is 4.29. The molecular formula is C13H23IN4. The van der Waals surface area contributed by atoms with Gasteiger partial charge in [0.25, 0.3) is 0 Å². The molecule has 0 fully saturated rings. The van der Waals surface area contributed by atoms with Crippen molar-refractivity contribution in [3.8, 4) is 0 Å². The number of nitrogens with one attached hydrogen (secondary N) is 1. The molecule has 0 aliphatic carbocycles. The molecule has 1 aromatic rings. The minimum absolute atomic E-state index is 0. The maximum atomic E-state index is 5.66. The fourth-order valence-corrected chi connectivity index (χ4v) is 1.53. The topological polar surface area (TPSA) is 53.6 Å². The number of halogens is 1. The number of nitrogens with two attached hydrogens (primary N) is 1. The molecule has 102 valence electrons. The summed E-state index contributed by atoms with van der Waals surface area (Å²) in [6.07, 6.45) is 0. The van der Waals surface area contributed by atoms with Crippen molar-refractivity contribution < 1.29 is 0 Å². The Morgan fingerprint density at radius 1 is 1.22 bits per heavy atom. The second kappa shape index (κ2) is 9.16. The number of hydrogen-bond acceptors (Lipinski definition) is 2. The highest BCUT2D eigenvalue weighted by molar-refractivity contribution is 14.0. The number of guanidine groups is 1. The van der Waals surface area contributed by atoms with E-state index < -0.39 is 0 Å². The summed E-state index contributed by atoms with van der Waals surface area (Å²) >= 11 is 0. The van der Waals surface area contributed by atoms with Crippen LogP contribution in [0.15, 0.2) is 29.3 Å². The van der Waals surface area contributed by atoms with Crippen LogP contribution in [-0.2, 0) is 13.1 Å². The summed E-state index contributed by atoms with van der Waals surface area (Å²) in [7, 11) is 4.13. The van der Waals surface area contributed by atoms with Gasteiger partial charge in [-0.3, -0.25) is 0 Å². The zero-order chi connectivity index (χ0) is 12.7. The van der Waals surface area contributed by atoms with Gasteiger partial charge in [-0.2, -0.15) is 0 Å². The van der Waals surface area contributed by atoms with E-state index in [-0.39, 0.29) is 24.0 Å². The van der Waals surface area contributed by atoms with E-state index in [0.29, 0.717) is 12.5 Å². The van der Waals surface area contributed by atoms with Crippen LogP contribution in [-0.4, -0.2) is 31.5 Å². The van der Waals surface area contributed by atoms with Gasteiger partial charge in [0.2, 0.25) is 0 Å². The molecule has 0 heterocycles. The highest BCUT2D eigenvalue weighted by Gasteiger charge is 1.96. The molecule has 0 aromatic heterocycles. The molecule has 1 rings (SSSR count). The molecule has 0 radical (unpaired) electrons. The fourth-order valence-electron chi connectivity index (χ4n) is 1.53. The summed E-state index contributed by atoms with van der Waals surface area (Å²) < 4.78 is 0. The van der Waals surface area contributed by atoms with Gasteiger partial charge >= 0.3 is 0 Å². The van der Waals surface area contributed by atoms with Crippen molar-refractivity contribution >= 4 is 29.9 Å². The Labute approximate surface area is 127 Å². The van der Waals surface area contributed by atoms with Gasteiger partial charge < -0.3 is 16.0 Å². The first-order valence-corrected chi connectivity index (χ1v) is 5.88. The van der Waals surface area contributed by atoms with Crippen LogP contribution in [0.4, 0.5) is 0 Å². The lowest BCUT2D eigenvalue weighted by molar-refractivity contribution is 0.402. The highest BCUT2D eigenvalue weighted by atomic mass is 127. The van der Waals surface area contributed by atoms with Crippen LogP contribution in [0, 0.1) is 0 Å².